The van der Waals surface area contributed by atoms with Crippen LogP contribution in [0.15, 0.2) is 0 Å². The number of nitrogens with zero attached hydrogens (tertiary/aromatic N) is 1. The van der Waals surface area contributed by atoms with E-state index in [0.29, 0.717) is 18.5 Å². The minimum atomic E-state index is -0.549. The van der Waals surface area contributed by atoms with E-state index in [-0.39, 0.29) is 0 Å². The van der Waals surface area contributed by atoms with Gasteiger partial charge in [-0.3, -0.25) is 4.90 Å². The molecule has 1 saturated carbocycles. The van der Waals surface area contributed by atoms with Gasteiger partial charge in [-0.2, -0.15) is 12.6 Å². The summed E-state index contributed by atoms with van der Waals surface area (Å²) in [5.41, 5.74) is 0.368. The quantitative estimate of drug-likeness (QED) is 0.589. The van der Waals surface area contributed by atoms with Crippen molar-refractivity contribution in [2.75, 3.05) is 25.4 Å². The topological polar surface area (TPSA) is 43.7 Å². The average Bonchev–Trinajstić information content (AvgIpc) is 2.39. The molecule has 1 saturated heterocycles. The van der Waals surface area contributed by atoms with Gasteiger partial charge >= 0.3 is 0 Å². The van der Waals surface area contributed by atoms with E-state index in [1.807, 2.05) is 0 Å². The first kappa shape index (κ1) is 10.7. The predicted molar refractivity (Wildman–Crippen MR) is 58.6 cm³/mol. The van der Waals surface area contributed by atoms with E-state index < -0.39 is 12.2 Å². The van der Waals surface area contributed by atoms with Crippen molar-refractivity contribution in [3.8, 4) is 0 Å². The molecule has 4 heteroatoms. The monoisotopic (exact) mass is 217 g/mol. The van der Waals surface area contributed by atoms with E-state index in [2.05, 4.69) is 17.5 Å². The Morgan fingerprint density at radius 1 is 1.21 bits per heavy atom. The van der Waals surface area contributed by atoms with Crippen molar-refractivity contribution in [2.24, 2.45) is 5.41 Å². The second kappa shape index (κ2) is 4.00. The summed E-state index contributed by atoms with van der Waals surface area (Å²) < 4.78 is 0. The molecule has 2 N–H and O–H groups in total. The van der Waals surface area contributed by atoms with Crippen LogP contribution in [0, 0.1) is 5.41 Å². The molecule has 0 aromatic rings. The summed E-state index contributed by atoms with van der Waals surface area (Å²) in [6.07, 6.45) is 2.71. The summed E-state index contributed by atoms with van der Waals surface area (Å²) in [4.78, 5) is 2.17. The van der Waals surface area contributed by atoms with Crippen molar-refractivity contribution >= 4 is 12.6 Å². The lowest BCUT2D eigenvalue weighted by molar-refractivity contribution is 0.0572. The summed E-state index contributed by atoms with van der Waals surface area (Å²) in [6, 6.07) is 0. The van der Waals surface area contributed by atoms with Gasteiger partial charge in [0.2, 0.25) is 0 Å². The normalized spacial score (nSPS) is 37.1. The minimum absolute atomic E-state index is 0.368. The average molecular weight is 217 g/mol. The first-order valence-electron chi connectivity index (χ1n) is 5.35. The van der Waals surface area contributed by atoms with Crippen molar-refractivity contribution in [3.63, 3.8) is 0 Å². The van der Waals surface area contributed by atoms with Crippen LogP contribution in [0.3, 0.4) is 0 Å². The summed E-state index contributed by atoms with van der Waals surface area (Å²) in [5.74, 6) is 0.926. The van der Waals surface area contributed by atoms with E-state index in [0.717, 1.165) is 12.3 Å². The lowest BCUT2D eigenvalue weighted by atomic mass is 9.70. The molecule has 14 heavy (non-hydrogen) atoms. The van der Waals surface area contributed by atoms with Crippen LogP contribution in [0.25, 0.3) is 0 Å². The Kier molecular flexibility index (Phi) is 3.07. The standard InChI is InChI=1S/C10H19NO2S/c12-8-4-11(5-9(8)13)6-10(7-14)2-1-3-10/h8-9,12-14H,1-7H2. The maximum atomic E-state index is 9.42. The Hall–Kier alpha value is 0.230. The number of aliphatic hydroxyl groups is 2. The van der Waals surface area contributed by atoms with Gasteiger partial charge in [0.1, 0.15) is 0 Å². The van der Waals surface area contributed by atoms with E-state index in [4.69, 9.17) is 0 Å². The van der Waals surface area contributed by atoms with Crippen molar-refractivity contribution in [1.82, 2.24) is 4.90 Å². The van der Waals surface area contributed by atoms with Gasteiger partial charge < -0.3 is 10.2 Å². The zero-order valence-electron chi connectivity index (χ0n) is 8.39. The summed E-state index contributed by atoms with van der Waals surface area (Å²) >= 11 is 4.40. The third kappa shape index (κ3) is 1.94. The highest BCUT2D eigenvalue weighted by atomic mass is 32.1. The summed E-state index contributed by atoms with van der Waals surface area (Å²) in [7, 11) is 0. The first-order chi connectivity index (χ1) is 6.65. The van der Waals surface area contributed by atoms with Gasteiger partial charge in [0.15, 0.2) is 0 Å². The number of hydrogen-bond donors (Lipinski definition) is 3. The smallest absolute Gasteiger partial charge is 0.0938 e. The Morgan fingerprint density at radius 2 is 1.79 bits per heavy atom. The lowest BCUT2D eigenvalue weighted by Gasteiger charge is -2.43. The Labute approximate surface area is 90.5 Å². The maximum absolute atomic E-state index is 9.42. The van der Waals surface area contributed by atoms with Crippen LogP contribution in [0.1, 0.15) is 19.3 Å². The third-order valence-electron chi connectivity index (χ3n) is 3.64. The number of thiol groups is 1. The summed E-state index contributed by atoms with van der Waals surface area (Å²) in [5, 5.41) is 18.8. The van der Waals surface area contributed by atoms with Crippen LogP contribution in [0.4, 0.5) is 0 Å². The lowest BCUT2D eigenvalue weighted by Crippen LogP contribution is -2.43. The van der Waals surface area contributed by atoms with Gasteiger partial charge in [-0.25, -0.2) is 0 Å². The molecule has 0 aromatic carbocycles. The molecule has 0 aromatic heterocycles. The van der Waals surface area contributed by atoms with Crippen LogP contribution >= 0.6 is 12.6 Å². The molecule has 1 aliphatic carbocycles. The molecule has 3 nitrogen and oxygen atoms in total. The first-order valence-corrected chi connectivity index (χ1v) is 5.98. The van der Waals surface area contributed by atoms with Crippen LogP contribution in [0.5, 0.6) is 0 Å². The second-order valence-corrected chi connectivity index (χ2v) is 5.16. The number of aliphatic hydroxyl groups excluding tert-OH is 2. The van der Waals surface area contributed by atoms with Gasteiger partial charge in [-0.05, 0) is 24.0 Å². The highest BCUT2D eigenvalue weighted by Crippen LogP contribution is 2.42. The SMILES string of the molecule is OC1CN(CC2(CS)CCC2)CC1O. The molecule has 1 heterocycles. The molecule has 0 amide bonds. The van der Waals surface area contributed by atoms with Crippen LogP contribution < -0.4 is 0 Å². The zero-order chi connectivity index (χ0) is 10.2. The fourth-order valence-electron chi connectivity index (χ4n) is 2.49. The van der Waals surface area contributed by atoms with Crippen LogP contribution in [-0.4, -0.2) is 52.7 Å². The van der Waals surface area contributed by atoms with Crippen LogP contribution in [0.2, 0.25) is 0 Å². The zero-order valence-corrected chi connectivity index (χ0v) is 9.29. The van der Waals surface area contributed by atoms with Crippen molar-refractivity contribution in [1.29, 1.82) is 0 Å². The summed E-state index contributed by atoms with van der Waals surface area (Å²) in [6.45, 7) is 2.23. The van der Waals surface area contributed by atoms with E-state index in [1.165, 1.54) is 19.3 Å². The fourth-order valence-corrected chi connectivity index (χ4v) is 2.91. The minimum Gasteiger partial charge on any atom is -0.389 e. The number of rotatable bonds is 3. The van der Waals surface area contributed by atoms with Gasteiger partial charge in [-0.15, -0.1) is 0 Å². The van der Waals surface area contributed by atoms with Crippen molar-refractivity contribution in [2.45, 2.75) is 31.5 Å². The molecule has 0 radical (unpaired) electrons. The van der Waals surface area contributed by atoms with Gasteiger partial charge in [0.25, 0.3) is 0 Å². The Bertz CT molecular complexity index is 193. The molecular formula is C10H19NO2S. The molecule has 2 atom stereocenters. The van der Waals surface area contributed by atoms with Gasteiger partial charge in [0.05, 0.1) is 12.2 Å². The fraction of sp³-hybridized carbons (Fsp3) is 1.00. The highest BCUT2D eigenvalue weighted by molar-refractivity contribution is 7.80. The Balaban J connectivity index is 1.86. The molecule has 1 aliphatic heterocycles. The number of likely N-dealkylation sites (tertiary alicyclic amines) is 1. The number of hydrogen-bond acceptors (Lipinski definition) is 4. The molecule has 2 aliphatic rings. The van der Waals surface area contributed by atoms with E-state index in [1.54, 1.807) is 0 Å². The third-order valence-corrected chi connectivity index (χ3v) is 4.31. The van der Waals surface area contributed by atoms with Crippen molar-refractivity contribution in [3.05, 3.63) is 0 Å². The largest absolute Gasteiger partial charge is 0.389 e. The predicted octanol–water partition coefficient (Wildman–Crippen LogP) is 0.124. The molecule has 0 spiro atoms. The van der Waals surface area contributed by atoms with Crippen molar-refractivity contribution < 1.29 is 10.2 Å². The molecule has 0 bridgehead atoms. The van der Waals surface area contributed by atoms with E-state index in [9.17, 15) is 10.2 Å². The molecule has 2 fully saturated rings. The molecule has 82 valence electrons. The van der Waals surface area contributed by atoms with Gasteiger partial charge in [0, 0.05) is 19.6 Å². The molecular weight excluding hydrogens is 198 g/mol. The number of β-amino-alcohol motifs (C(OH)–C–C–N with tert-alkyl or cyclic N) is 2. The van der Waals surface area contributed by atoms with Crippen LogP contribution in [-0.2, 0) is 0 Å². The second-order valence-electron chi connectivity index (χ2n) is 4.84. The van der Waals surface area contributed by atoms with Gasteiger partial charge in [-0.1, -0.05) is 6.42 Å². The maximum Gasteiger partial charge on any atom is 0.0938 e. The molecule has 2 rings (SSSR count). The molecule has 2 unspecified atom stereocenters. The van der Waals surface area contributed by atoms with E-state index >= 15 is 0 Å². The Morgan fingerprint density at radius 3 is 2.14 bits per heavy atom. The highest BCUT2D eigenvalue weighted by Gasteiger charge is 2.40.